The van der Waals surface area contributed by atoms with Crippen molar-refractivity contribution in [3.63, 3.8) is 0 Å². The molecule has 0 saturated heterocycles. The summed E-state index contributed by atoms with van der Waals surface area (Å²) < 4.78 is 6.63. The van der Waals surface area contributed by atoms with Crippen LogP contribution in [-0.4, -0.2) is 68.3 Å². The smallest absolute Gasteiger partial charge is 0.411 e. The van der Waals surface area contributed by atoms with Gasteiger partial charge in [0.05, 0.1) is 22.8 Å². The molecule has 10 nitrogen and oxygen atoms in total. The normalized spacial score (nSPS) is 11.3. The number of unbranched alkanes of at least 4 members (excludes halogenated alkanes) is 4. The lowest BCUT2D eigenvalue weighted by molar-refractivity contribution is 0.102. The van der Waals surface area contributed by atoms with Crippen LogP contribution in [0.2, 0.25) is 0 Å². The molecule has 2 amide bonds. The maximum absolute atomic E-state index is 12.8. The molecule has 4 aromatic rings. The fraction of sp³-hybridized carbons (Fsp3) is 0.414. The van der Waals surface area contributed by atoms with Gasteiger partial charge in [0.1, 0.15) is 0 Å². The molecule has 0 aliphatic heterocycles. The molecular weight excluding hydrogens is 606 g/mol. The second-order valence-corrected chi connectivity index (χ2v) is 11.7. The van der Waals surface area contributed by atoms with E-state index in [0.717, 1.165) is 41.2 Å². The van der Waals surface area contributed by atoms with Crippen LogP contribution in [0.25, 0.3) is 22.3 Å². The lowest BCUT2D eigenvalue weighted by atomic mass is 10.1. The van der Waals surface area contributed by atoms with Crippen molar-refractivity contribution in [2.75, 3.05) is 37.4 Å². The fourth-order valence-electron chi connectivity index (χ4n) is 4.56. The minimum Gasteiger partial charge on any atom is -0.465 e. The monoisotopic (exact) mass is 641 g/mol. The topological polar surface area (TPSA) is 116 Å². The SMILES string of the molecule is CCCCCCCn1nc(NC(=O)c2cnsc2)c2cc(Br)c(-c3ccc(N(CCCN(C)C)C(=O)O)cc3)nc21. The lowest BCUT2D eigenvalue weighted by Crippen LogP contribution is -2.32. The van der Waals surface area contributed by atoms with Crippen molar-refractivity contribution in [1.29, 1.82) is 0 Å². The molecule has 3 aromatic heterocycles. The maximum Gasteiger partial charge on any atom is 0.411 e. The molecule has 0 bridgehead atoms. The Balaban J connectivity index is 1.63. The van der Waals surface area contributed by atoms with E-state index in [9.17, 15) is 14.7 Å². The van der Waals surface area contributed by atoms with Crippen LogP contribution >= 0.6 is 27.5 Å². The average Bonchev–Trinajstić information content (AvgIpc) is 3.59. The molecular formula is C29H36BrN7O3S. The highest BCUT2D eigenvalue weighted by molar-refractivity contribution is 9.10. The number of aryl methyl sites for hydroxylation is 1. The average molecular weight is 643 g/mol. The Morgan fingerprint density at radius 3 is 2.49 bits per heavy atom. The van der Waals surface area contributed by atoms with Gasteiger partial charge in [-0.25, -0.2) is 18.8 Å². The van der Waals surface area contributed by atoms with Crippen molar-refractivity contribution in [1.82, 2.24) is 24.0 Å². The summed E-state index contributed by atoms with van der Waals surface area (Å²) in [5.41, 5.74) is 3.33. The predicted octanol–water partition coefficient (Wildman–Crippen LogP) is 6.98. The maximum atomic E-state index is 12.8. The standard InChI is InChI=1S/C29H36BrN7O3S/c1-4-5-6-7-8-16-37-27-23(26(34-37)33-28(38)21-18-31-41-19-21)17-24(30)25(32-27)20-10-12-22(13-11-20)36(29(39)40)15-9-14-35(2)3/h10-13,17-19H,4-9,14-16H2,1-3H3,(H,39,40)(H,33,34,38). The van der Waals surface area contributed by atoms with Crippen molar-refractivity contribution in [2.45, 2.75) is 52.0 Å². The molecule has 0 saturated carbocycles. The molecule has 1 aromatic carbocycles. The highest BCUT2D eigenvalue weighted by Crippen LogP contribution is 2.34. The third-order valence-electron chi connectivity index (χ3n) is 6.75. The second kappa shape index (κ2) is 14.5. The first kappa shape index (κ1) is 30.6. The third-order valence-corrected chi connectivity index (χ3v) is 7.94. The Morgan fingerprint density at radius 1 is 1.07 bits per heavy atom. The summed E-state index contributed by atoms with van der Waals surface area (Å²) in [4.78, 5) is 33.1. The van der Waals surface area contributed by atoms with Gasteiger partial charge >= 0.3 is 6.09 Å². The van der Waals surface area contributed by atoms with E-state index >= 15 is 0 Å². The number of carbonyl (C=O) groups is 2. The van der Waals surface area contributed by atoms with Crippen LogP contribution in [0.4, 0.5) is 16.3 Å². The summed E-state index contributed by atoms with van der Waals surface area (Å²) in [5.74, 6) is 0.187. The Morgan fingerprint density at radius 2 is 1.83 bits per heavy atom. The summed E-state index contributed by atoms with van der Waals surface area (Å²) in [6.07, 6.45) is 6.89. The van der Waals surface area contributed by atoms with Gasteiger partial charge in [-0.1, -0.05) is 44.7 Å². The van der Waals surface area contributed by atoms with Crippen molar-refractivity contribution in [2.24, 2.45) is 0 Å². The number of anilines is 2. The Hall–Kier alpha value is -3.35. The van der Waals surface area contributed by atoms with Gasteiger partial charge in [0.25, 0.3) is 5.91 Å². The molecule has 0 atom stereocenters. The van der Waals surface area contributed by atoms with E-state index in [1.807, 2.05) is 54.0 Å². The van der Waals surface area contributed by atoms with Crippen LogP contribution in [0.15, 0.2) is 46.4 Å². The molecule has 3 heterocycles. The molecule has 2 N–H and O–H groups in total. The number of hydrogen-bond acceptors (Lipinski definition) is 7. The predicted molar refractivity (Wildman–Crippen MR) is 168 cm³/mol. The Labute approximate surface area is 252 Å². The number of fused-ring (bicyclic) bond motifs is 1. The summed E-state index contributed by atoms with van der Waals surface area (Å²) in [7, 11) is 3.94. The van der Waals surface area contributed by atoms with Crippen LogP contribution in [0.1, 0.15) is 55.8 Å². The van der Waals surface area contributed by atoms with E-state index < -0.39 is 6.09 Å². The second-order valence-electron chi connectivity index (χ2n) is 10.2. The number of nitrogens with zero attached hydrogens (tertiary/aromatic N) is 6. The van der Waals surface area contributed by atoms with Crippen molar-refractivity contribution >= 4 is 62.0 Å². The van der Waals surface area contributed by atoms with E-state index in [0.29, 0.717) is 41.5 Å². The van der Waals surface area contributed by atoms with E-state index in [1.165, 1.54) is 41.9 Å². The minimum absolute atomic E-state index is 0.266. The molecule has 4 rings (SSSR count). The van der Waals surface area contributed by atoms with Gasteiger partial charge in [0, 0.05) is 34.2 Å². The third kappa shape index (κ3) is 7.90. The number of hydrogen-bond donors (Lipinski definition) is 2. The molecule has 0 aliphatic rings. The number of aromatic nitrogens is 4. The van der Waals surface area contributed by atoms with Gasteiger partial charge in [-0.15, -0.1) is 0 Å². The minimum atomic E-state index is -0.979. The van der Waals surface area contributed by atoms with E-state index in [4.69, 9.17) is 10.1 Å². The summed E-state index contributed by atoms with van der Waals surface area (Å²) >= 11 is 4.89. The van der Waals surface area contributed by atoms with Gasteiger partial charge in [0.2, 0.25) is 0 Å². The Bertz CT molecular complexity index is 1460. The first-order chi connectivity index (χ1) is 19.8. The van der Waals surface area contributed by atoms with Gasteiger partial charge in [-0.05, 0) is 79.1 Å². The number of rotatable bonds is 14. The summed E-state index contributed by atoms with van der Waals surface area (Å²) in [6.45, 7) is 4.09. The molecule has 0 unspecified atom stereocenters. The largest absolute Gasteiger partial charge is 0.465 e. The number of nitrogens with one attached hydrogen (secondary N) is 1. The molecule has 41 heavy (non-hydrogen) atoms. The van der Waals surface area contributed by atoms with Crippen LogP contribution in [-0.2, 0) is 6.54 Å². The van der Waals surface area contributed by atoms with E-state index in [-0.39, 0.29) is 5.91 Å². The first-order valence-corrected chi connectivity index (χ1v) is 15.4. The number of amides is 2. The van der Waals surface area contributed by atoms with Crippen molar-refractivity contribution in [3.8, 4) is 11.3 Å². The zero-order chi connectivity index (χ0) is 29.4. The van der Waals surface area contributed by atoms with E-state index in [2.05, 4.69) is 32.5 Å². The van der Waals surface area contributed by atoms with Gasteiger partial charge < -0.3 is 15.3 Å². The quantitative estimate of drug-likeness (QED) is 0.143. The molecule has 218 valence electrons. The number of carboxylic acid groups (broad SMARTS) is 1. The Kier molecular flexibility index (Phi) is 10.8. The van der Waals surface area contributed by atoms with Crippen LogP contribution in [0.5, 0.6) is 0 Å². The van der Waals surface area contributed by atoms with Gasteiger partial charge in [0.15, 0.2) is 11.5 Å². The lowest BCUT2D eigenvalue weighted by Gasteiger charge is -2.20. The molecule has 0 aliphatic carbocycles. The van der Waals surface area contributed by atoms with Crippen LogP contribution in [0, 0.1) is 0 Å². The van der Waals surface area contributed by atoms with Crippen molar-refractivity contribution in [3.05, 3.63) is 51.9 Å². The highest BCUT2D eigenvalue weighted by Gasteiger charge is 2.20. The molecule has 0 spiro atoms. The van der Waals surface area contributed by atoms with Crippen LogP contribution < -0.4 is 10.2 Å². The number of pyridine rings is 1. The van der Waals surface area contributed by atoms with E-state index in [1.54, 1.807) is 5.38 Å². The zero-order valence-corrected chi connectivity index (χ0v) is 26.0. The number of benzene rings is 1. The first-order valence-electron chi connectivity index (χ1n) is 13.8. The summed E-state index contributed by atoms with van der Waals surface area (Å²) in [6, 6.07) is 9.31. The fourth-order valence-corrected chi connectivity index (χ4v) is 5.63. The highest BCUT2D eigenvalue weighted by atomic mass is 79.9. The number of carbonyl (C=O) groups excluding carboxylic acids is 1. The van der Waals surface area contributed by atoms with Gasteiger partial charge in [-0.3, -0.25) is 9.69 Å². The molecule has 0 fully saturated rings. The van der Waals surface area contributed by atoms with Crippen LogP contribution in [0.3, 0.4) is 0 Å². The summed E-state index contributed by atoms with van der Waals surface area (Å²) in [5, 5.41) is 19.9. The molecule has 0 radical (unpaired) electrons. The number of halogens is 1. The zero-order valence-electron chi connectivity index (χ0n) is 23.6. The van der Waals surface area contributed by atoms with Gasteiger partial charge in [-0.2, -0.15) is 5.10 Å². The van der Waals surface area contributed by atoms with Crippen molar-refractivity contribution < 1.29 is 14.7 Å². The molecule has 12 heteroatoms.